The summed E-state index contributed by atoms with van der Waals surface area (Å²) in [4.78, 5) is 24.0. The first kappa shape index (κ1) is 19.5. The second-order valence-electron chi connectivity index (χ2n) is 7.07. The van der Waals surface area contributed by atoms with Crippen molar-refractivity contribution in [2.24, 2.45) is 5.92 Å². The molecule has 3 aromatic carbocycles. The lowest BCUT2D eigenvalue weighted by molar-refractivity contribution is -0.118. The number of hydrogen-bond acceptors (Lipinski definition) is 4. The molecule has 152 valence electrons. The van der Waals surface area contributed by atoms with Crippen LogP contribution in [0, 0.1) is 5.92 Å². The molecule has 0 atom stereocenters. The Bertz CT molecular complexity index is 1010. The quantitative estimate of drug-likeness (QED) is 0.565. The lowest BCUT2D eigenvalue weighted by Crippen LogP contribution is -2.20. The van der Waals surface area contributed by atoms with Gasteiger partial charge in [0.15, 0.2) is 6.61 Å². The fourth-order valence-electron chi connectivity index (χ4n) is 2.83. The van der Waals surface area contributed by atoms with Gasteiger partial charge < -0.3 is 20.1 Å². The van der Waals surface area contributed by atoms with Gasteiger partial charge in [-0.25, -0.2) is 0 Å². The Morgan fingerprint density at radius 3 is 2.23 bits per heavy atom. The van der Waals surface area contributed by atoms with Crippen LogP contribution in [-0.2, 0) is 9.59 Å². The minimum absolute atomic E-state index is 0.0570. The van der Waals surface area contributed by atoms with Crippen molar-refractivity contribution in [1.29, 1.82) is 0 Å². The molecule has 0 bridgehead atoms. The maximum absolute atomic E-state index is 12.2. The molecule has 0 spiro atoms. The minimum Gasteiger partial charge on any atom is -0.484 e. The summed E-state index contributed by atoms with van der Waals surface area (Å²) < 4.78 is 11.3. The maximum Gasteiger partial charge on any atom is 0.262 e. The lowest BCUT2D eigenvalue weighted by atomic mass is 10.3. The van der Waals surface area contributed by atoms with E-state index in [0.29, 0.717) is 17.2 Å². The van der Waals surface area contributed by atoms with Gasteiger partial charge in [-0.3, -0.25) is 9.59 Å². The fourth-order valence-corrected chi connectivity index (χ4v) is 2.83. The number of carbonyl (C=O) groups excluding carboxylic acids is 2. The van der Waals surface area contributed by atoms with Crippen LogP contribution in [0.5, 0.6) is 17.2 Å². The van der Waals surface area contributed by atoms with Crippen LogP contribution in [-0.4, -0.2) is 18.4 Å². The topological polar surface area (TPSA) is 76.7 Å². The van der Waals surface area contributed by atoms with Crippen molar-refractivity contribution in [1.82, 2.24) is 0 Å². The van der Waals surface area contributed by atoms with Gasteiger partial charge >= 0.3 is 0 Å². The zero-order valence-electron chi connectivity index (χ0n) is 16.3. The Morgan fingerprint density at radius 2 is 1.50 bits per heavy atom. The van der Waals surface area contributed by atoms with Crippen molar-refractivity contribution in [3.8, 4) is 17.2 Å². The summed E-state index contributed by atoms with van der Waals surface area (Å²) in [6.07, 6.45) is 1.92. The molecular weight excluding hydrogens is 380 g/mol. The number of nitrogens with one attached hydrogen (secondary N) is 2. The number of ether oxygens (including phenoxy) is 2. The van der Waals surface area contributed by atoms with E-state index in [1.54, 1.807) is 36.4 Å². The number of carbonyl (C=O) groups is 2. The molecule has 6 nitrogen and oxygen atoms in total. The van der Waals surface area contributed by atoms with Gasteiger partial charge in [0.1, 0.15) is 17.2 Å². The van der Waals surface area contributed by atoms with E-state index in [-0.39, 0.29) is 24.3 Å². The molecule has 6 heteroatoms. The normalized spacial score (nSPS) is 12.7. The van der Waals surface area contributed by atoms with Gasteiger partial charge in [0.05, 0.1) is 0 Å². The number of hydrogen-bond donors (Lipinski definition) is 2. The molecule has 2 amide bonds. The third-order valence-corrected chi connectivity index (χ3v) is 4.54. The molecule has 0 unspecified atom stereocenters. The Balaban J connectivity index is 1.26. The molecule has 1 saturated carbocycles. The van der Waals surface area contributed by atoms with Gasteiger partial charge in [-0.05, 0) is 61.4 Å². The molecule has 3 aromatic rings. The van der Waals surface area contributed by atoms with E-state index < -0.39 is 0 Å². The summed E-state index contributed by atoms with van der Waals surface area (Å²) in [5.74, 6) is 1.83. The lowest BCUT2D eigenvalue weighted by Gasteiger charge is -2.10. The number of para-hydroxylation sites is 1. The van der Waals surface area contributed by atoms with E-state index in [0.717, 1.165) is 24.3 Å². The highest BCUT2D eigenvalue weighted by atomic mass is 16.5. The molecule has 4 rings (SSSR count). The average molecular weight is 402 g/mol. The highest BCUT2D eigenvalue weighted by molar-refractivity contribution is 5.94. The van der Waals surface area contributed by atoms with Gasteiger partial charge in [-0.15, -0.1) is 0 Å². The molecule has 0 aromatic heterocycles. The average Bonchev–Trinajstić information content (AvgIpc) is 3.60. The minimum atomic E-state index is -0.280. The smallest absolute Gasteiger partial charge is 0.262 e. The van der Waals surface area contributed by atoms with Crippen LogP contribution in [0.25, 0.3) is 0 Å². The van der Waals surface area contributed by atoms with Crippen molar-refractivity contribution in [3.05, 3.63) is 78.9 Å². The van der Waals surface area contributed by atoms with Crippen molar-refractivity contribution < 1.29 is 19.1 Å². The van der Waals surface area contributed by atoms with Crippen molar-refractivity contribution in [2.45, 2.75) is 12.8 Å². The molecule has 0 saturated heterocycles. The molecule has 0 heterocycles. The first-order valence-electron chi connectivity index (χ1n) is 9.82. The van der Waals surface area contributed by atoms with Crippen molar-refractivity contribution in [2.75, 3.05) is 17.2 Å². The van der Waals surface area contributed by atoms with Crippen LogP contribution < -0.4 is 20.1 Å². The molecule has 2 N–H and O–H groups in total. The predicted molar refractivity (Wildman–Crippen MR) is 115 cm³/mol. The van der Waals surface area contributed by atoms with E-state index in [2.05, 4.69) is 10.6 Å². The molecular formula is C24H22N2O4. The predicted octanol–water partition coefficient (Wildman–Crippen LogP) is 4.84. The third-order valence-electron chi connectivity index (χ3n) is 4.54. The number of amides is 2. The van der Waals surface area contributed by atoms with Crippen LogP contribution in [0.2, 0.25) is 0 Å². The van der Waals surface area contributed by atoms with Gasteiger partial charge in [0.25, 0.3) is 5.91 Å². The first-order valence-corrected chi connectivity index (χ1v) is 9.82. The van der Waals surface area contributed by atoms with Crippen LogP contribution in [0.4, 0.5) is 11.4 Å². The SMILES string of the molecule is O=C(COc1ccc(NC(=O)C2CC2)cc1)Nc1cccc(Oc2ccccc2)c1. The Kier molecular flexibility index (Phi) is 5.94. The first-order chi connectivity index (χ1) is 14.7. The van der Waals surface area contributed by atoms with Crippen LogP contribution >= 0.6 is 0 Å². The summed E-state index contributed by atoms with van der Waals surface area (Å²) in [6.45, 7) is -0.127. The highest BCUT2D eigenvalue weighted by Crippen LogP contribution is 2.30. The second-order valence-corrected chi connectivity index (χ2v) is 7.07. The third kappa shape index (κ3) is 5.61. The zero-order chi connectivity index (χ0) is 20.8. The van der Waals surface area contributed by atoms with Gasteiger partial charge in [-0.1, -0.05) is 24.3 Å². The molecule has 1 fully saturated rings. The van der Waals surface area contributed by atoms with E-state index in [1.807, 2.05) is 42.5 Å². The summed E-state index contributed by atoms with van der Waals surface area (Å²) in [5.41, 5.74) is 1.34. The monoisotopic (exact) mass is 402 g/mol. The maximum atomic E-state index is 12.2. The number of anilines is 2. The zero-order valence-corrected chi connectivity index (χ0v) is 16.3. The molecule has 30 heavy (non-hydrogen) atoms. The van der Waals surface area contributed by atoms with Crippen molar-refractivity contribution >= 4 is 23.2 Å². The van der Waals surface area contributed by atoms with E-state index >= 15 is 0 Å². The highest BCUT2D eigenvalue weighted by Gasteiger charge is 2.29. The van der Waals surface area contributed by atoms with E-state index in [4.69, 9.17) is 9.47 Å². The Morgan fingerprint density at radius 1 is 0.767 bits per heavy atom. The summed E-state index contributed by atoms with van der Waals surface area (Å²) >= 11 is 0. The summed E-state index contributed by atoms with van der Waals surface area (Å²) in [7, 11) is 0. The Labute approximate surface area is 174 Å². The van der Waals surface area contributed by atoms with Gasteiger partial charge in [-0.2, -0.15) is 0 Å². The van der Waals surface area contributed by atoms with Crippen LogP contribution in [0.15, 0.2) is 78.9 Å². The van der Waals surface area contributed by atoms with E-state index in [1.165, 1.54) is 0 Å². The number of benzene rings is 3. The van der Waals surface area contributed by atoms with Crippen molar-refractivity contribution in [3.63, 3.8) is 0 Å². The van der Waals surface area contributed by atoms with Gasteiger partial charge in [0.2, 0.25) is 5.91 Å². The van der Waals surface area contributed by atoms with Crippen LogP contribution in [0.3, 0.4) is 0 Å². The second kappa shape index (κ2) is 9.13. The standard InChI is InChI=1S/C24H22N2O4/c27-23(16-29-20-13-11-18(12-14-20)26-24(28)17-9-10-17)25-19-5-4-8-22(15-19)30-21-6-2-1-3-7-21/h1-8,11-15,17H,9-10,16H2,(H,25,27)(H,26,28). The largest absolute Gasteiger partial charge is 0.484 e. The molecule has 0 aliphatic heterocycles. The van der Waals surface area contributed by atoms with E-state index in [9.17, 15) is 9.59 Å². The Hall–Kier alpha value is -3.80. The molecule has 1 aliphatic rings. The summed E-state index contributed by atoms with van der Waals surface area (Å²) in [5, 5.41) is 5.66. The fraction of sp³-hybridized carbons (Fsp3) is 0.167. The molecule has 1 aliphatic carbocycles. The number of rotatable bonds is 8. The summed E-state index contributed by atoms with van der Waals surface area (Å²) in [6, 6.07) is 23.6. The van der Waals surface area contributed by atoms with Crippen LogP contribution in [0.1, 0.15) is 12.8 Å². The molecule has 0 radical (unpaired) electrons. The van der Waals surface area contributed by atoms with Gasteiger partial charge in [0, 0.05) is 23.4 Å².